The fourth-order valence-electron chi connectivity index (χ4n) is 4.10. The van der Waals surface area contributed by atoms with Gasteiger partial charge in [-0.1, -0.05) is 6.07 Å². The van der Waals surface area contributed by atoms with Gasteiger partial charge in [0.25, 0.3) is 0 Å². The fourth-order valence-corrected chi connectivity index (χ4v) is 4.10. The Bertz CT molecular complexity index is 1460. The van der Waals surface area contributed by atoms with E-state index in [4.69, 9.17) is 4.42 Å². The standard InChI is InChI=1S/C27H26N6O3/c1-17-23(36-22-7-3-6-20(26(17)22)31-19-5-4-11-28-15-19)16-33(2)25(35)9-8-18-13-21-27(30-14-18)32-24(34)10-12-29-21/h3-9,11,13-15,29,31H,10,12,16H2,1-2H3,(H,30,32,34)/b9-8+. The SMILES string of the molecule is Cc1c(CN(C)C(=O)/C=C/c2cnc3c(c2)NCCC(=O)N3)oc2cccc(Nc3cccnc3)c12. The fraction of sp³-hybridized carbons (Fsp3) is 0.185. The van der Waals surface area contributed by atoms with Gasteiger partial charge in [-0.05, 0) is 48.9 Å². The Kier molecular flexibility index (Phi) is 6.36. The van der Waals surface area contributed by atoms with Crippen molar-refractivity contribution in [2.45, 2.75) is 19.9 Å². The molecule has 36 heavy (non-hydrogen) atoms. The quantitative estimate of drug-likeness (QED) is 0.342. The molecule has 9 nitrogen and oxygen atoms in total. The van der Waals surface area contributed by atoms with Gasteiger partial charge in [0.15, 0.2) is 5.82 Å². The molecule has 0 saturated heterocycles. The molecule has 1 aliphatic rings. The van der Waals surface area contributed by atoms with Crippen LogP contribution in [0.2, 0.25) is 0 Å². The molecule has 5 rings (SSSR count). The summed E-state index contributed by atoms with van der Waals surface area (Å²) in [5.74, 6) is 0.978. The maximum absolute atomic E-state index is 12.8. The monoisotopic (exact) mass is 482 g/mol. The molecule has 0 fully saturated rings. The highest BCUT2D eigenvalue weighted by atomic mass is 16.3. The van der Waals surface area contributed by atoms with E-state index in [-0.39, 0.29) is 11.8 Å². The van der Waals surface area contributed by atoms with Gasteiger partial charge in [0.1, 0.15) is 11.3 Å². The molecule has 9 heteroatoms. The number of carbonyl (C=O) groups is 2. The van der Waals surface area contributed by atoms with E-state index < -0.39 is 0 Å². The second kappa shape index (κ2) is 9.91. The highest BCUT2D eigenvalue weighted by Gasteiger charge is 2.17. The number of hydrogen-bond acceptors (Lipinski definition) is 7. The van der Waals surface area contributed by atoms with Crippen LogP contribution in [0, 0.1) is 6.92 Å². The molecule has 2 amide bonds. The summed E-state index contributed by atoms with van der Waals surface area (Å²) >= 11 is 0. The number of rotatable bonds is 6. The third-order valence-electron chi connectivity index (χ3n) is 6.00. The molecule has 0 unspecified atom stereocenters. The Balaban J connectivity index is 1.30. The first-order chi connectivity index (χ1) is 17.5. The van der Waals surface area contributed by atoms with Crippen molar-refractivity contribution in [2.75, 3.05) is 29.5 Å². The molecule has 4 aromatic rings. The van der Waals surface area contributed by atoms with Gasteiger partial charge < -0.3 is 25.3 Å². The Morgan fingerprint density at radius 1 is 1.25 bits per heavy atom. The molecule has 1 aromatic carbocycles. The summed E-state index contributed by atoms with van der Waals surface area (Å²) < 4.78 is 6.12. The summed E-state index contributed by atoms with van der Waals surface area (Å²) in [6.45, 7) is 2.86. The zero-order valence-corrected chi connectivity index (χ0v) is 20.0. The van der Waals surface area contributed by atoms with E-state index in [0.29, 0.717) is 25.3 Å². The van der Waals surface area contributed by atoms with Gasteiger partial charge >= 0.3 is 0 Å². The predicted molar refractivity (Wildman–Crippen MR) is 140 cm³/mol. The summed E-state index contributed by atoms with van der Waals surface area (Å²) in [5.41, 5.74) is 5.02. The van der Waals surface area contributed by atoms with Crippen LogP contribution in [0.5, 0.6) is 0 Å². The topological polar surface area (TPSA) is 112 Å². The summed E-state index contributed by atoms with van der Waals surface area (Å²) in [4.78, 5) is 34.6. The van der Waals surface area contributed by atoms with Crippen molar-refractivity contribution in [2.24, 2.45) is 0 Å². The first kappa shape index (κ1) is 23.1. The van der Waals surface area contributed by atoms with Gasteiger partial charge in [0.05, 0.1) is 24.1 Å². The largest absolute Gasteiger partial charge is 0.459 e. The van der Waals surface area contributed by atoms with Crippen molar-refractivity contribution in [1.29, 1.82) is 0 Å². The number of aryl methyl sites for hydroxylation is 1. The number of furan rings is 1. The lowest BCUT2D eigenvalue weighted by molar-refractivity contribution is -0.125. The van der Waals surface area contributed by atoms with Gasteiger partial charge in [-0.2, -0.15) is 0 Å². The van der Waals surface area contributed by atoms with Crippen LogP contribution < -0.4 is 16.0 Å². The van der Waals surface area contributed by atoms with Gasteiger partial charge in [-0.25, -0.2) is 4.98 Å². The molecule has 0 bridgehead atoms. The van der Waals surface area contributed by atoms with Crippen LogP contribution in [-0.2, 0) is 16.1 Å². The Morgan fingerprint density at radius 2 is 2.14 bits per heavy atom. The minimum Gasteiger partial charge on any atom is -0.459 e. The molecule has 0 atom stereocenters. The van der Waals surface area contributed by atoms with E-state index >= 15 is 0 Å². The number of nitrogens with one attached hydrogen (secondary N) is 3. The number of nitrogens with zero attached hydrogens (tertiary/aromatic N) is 3. The van der Waals surface area contributed by atoms with Crippen molar-refractivity contribution in [3.63, 3.8) is 0 Å². The molecule has 182 valence electrons. The number of fused-ring (bicyclic) bond motifs is 2. The van der Waals surface area contributed by atoms with E-state index in [1.54, 1.807) is 36.6 Å². The van der Waals surface area contributed by atoms with Crippen LogP contribution in [0.3, 0.4) is 0 Å². The maximum atomic E-state index is 12.8. The molecule has 1 aliphatic heterocycles. The van der Waals surface area contributed by atoms with Crippen LogP contribution in [-0.4, -0.2) is 40.3 Å². The van der Waals surface area contributed by atoms with Gasteiger partial charge in [0, 0.05) is 55.1 Å². The normalized spacial score (nSPS) is 13.1. The smallest absolute Gasteiger partial charge is 0.246 e. The third-order valence-corrected chi connectivity index (χ3v) is 6.00. The lowest BCUT2D eigenvalue weighted by Crippen LogP contribution is -2.24. The number of hydrogen-bond donors (Lipinski definition) is 3. The van der Waals surface area contributed by atoms with Gasteiger partial charge in [-0.15, -0.1) is 0 Å². The number of likely N-dealkylation sites (N-methyl/N-ethyl adjacent to an activating group) is 1. The Hall–Kier alpha value is -4.66. The van der Waals surface area contributed by atoms with Crippen LogP contribution in [0.15, 0.2) is 65.5 Å². The maximum Gasteiger partial charge on any atom is 0.246 e. The molecular weight excluding hydrogens is 456 g/mol. The summed E-state index contributed by atoms with van der Waals surface area (Å²) in [6.07, 6.45) is 8.71. The van der Waals surface area contributed by atoms with Gasteiger partial charge in [-0.3, -0.25) is 14.6 Å². The molecule has 0 saturated carbocycles. The van der Waals surface area contributed by atoms with Crippen molar-refractivity contribution in [1.82, 2.24) is 14.9 Å². The molecule has 0 spiro atoms. The third kappa shape index (κ3) is 4.90. The lowest BCUT2D eigenvalue weighted by atomic mass is 10.1. The van der Waals surface area contributed by atoms with E-state index in [0.717, 1.165) is 44.9 Å². The number of carbonyl (C=O) groups excluding carboxylic acids is 2. The van der Waals surface area contributed by atoms with Crippen molar-refractivity contribution < 1.29 is 14.0 Å². The summed E-state index contributed by atoms with van der Waals surface area (Å²) in [5, 5.41) is 10.3. The minimum atomic E-state index is -0.167. The van der Waals surface area contributed by atoms with Crippen LogP contribution in [0.4, 0.5) is 22.9 Å². The average Bonchev–Trinajstić information content (AvgIpc) is 3.07. The van der Waals surface area contributed by atoms with Crippen LogP contribution in [0.1, 0.15) is 23.3 Å². The van der Waals surface area contributed by atoms with E-state index in [1.807, 2.05) is 43.3 Å². The molecular formula is C27H26N6O3. The first-order valence-electron chi connectivity index (χ1n) is 11.6. The van der Waals surface area contributed by atoms with E-state index in [2.05, 4.69) is 25.9 Å². The summed E-state index contributed by atoms with van der Waals surface area (Å²) in [7, 11) is 1.74. The number of anilines is 4. The summed E-state index contributed by atoms with van der Waals surface area (Å²) in [6, 6.07) is 11.5. The Morgan fingerprint density at radius 3 is 2.97 bits per heavy atom. The lowest BCUT2D eigenvalue weighted by Gasteiger charge is -2.14. The van der Waals surface area contributed by atoms with Crippen molar-refractivity contribution in [3.8, 4) is 0 Å². The highest BCUT2D eigenvalue weighted by Crippen LogP contribution is 2.33. The number of aromatic nitrogens is 2. The second-order valence-corrected chi connectivity index (χ2v) is 8.61. The van der Waals surface area contributed by atoms with Gasteiger partial charge in [0.2, 0.25) is 11.8 Å². The molecule has 3 aromatic heterocycles. The zero-order chi connectivity index (χ0) is 25.1. The molecule has 4 heterocycles. The molecule has 0 aliphatic carbocycles. The molecule has 3 N–H and O–H groups in total. The van der Waals surface area contributed by atoms with Crippen LogP contribution >= 0.6 is 0 Å². The average molecular weight is 483 g/mol. The number of pyridine rings is 2. The zero-order valence-electron chi connectivity index (χ0n) is 20.0. The first-order valence-corrected chi connectivity index (χ1v) is 11.6. The van der Waals surface area contributed by atoms with E-state index in [9.17, 15) is 9.59 Å². The van der Waals surface area contributed by atoms with Crippen molar-refractivity contribution in [3.05, 3.63) is 78.0 Å². The molecule has 0 radical (unpaired) electrons. The Labute approximate surface area is 208 Å². The minimum absolute atomic E-state index is 0.0744. The second-order valence-electron chi connectivity index (χ2n) is 8.61. The van der Waals surface area contributed by atoms with E-state index in [1.165, 1.54) is 6.08 Å². The van der Waals surface area contributed by atoms with Crippen molar-refractivity contribution >= 4 is 51.7 Å². The highest BCUT2D eigenvalue weighted by molar-refractivity contribution is 5.97. The predicted octanol–water partition coefficient (Wildman–Crippen LogP) is 4.70. The number of amides is 2. The number of benzene rings is 1. The van der Waals surface area contributed by atoms with Crippen LogP contribution in [0.25, 0.3) is 17.0 Å².